The van der Waals surface area contributed by atoms with E-state index in [9.17, 15) is 4.79 Å². The fraction of sp³-hybridized carbons (Fsp3) is 0.316. The molecule has 2 aromatic carbocycles. The maximum Gasteiger partial charge on any atom is 0.282 e. The summed E-state index contributed by atoms with van der Waals surface area (Å²) < 4.78 is 5.17. The van der Waals surface area contributed by atoms with Crippen molar-refractivity contribution < 1.29 is 14.4 Å². The predicted molar refractivity (Wildman–Crippen MR) is 92.9 cm³/mol. The van der Waals surface area contributed by atoms with E-state index in [0.717, 1.165) is 28.4 Å². The van der Waals surface area contributed by atoms with Gasteiger partial charge in [0.2, 0.25) is 0 Å². The Labute approximate surface area is 138 Å². The number of carbonyl (C=O) groups excluding carboxylic acids is 1. The summed E-state index contributed by atoms with van der Waals surface area (Å²) in [5.74, 6) is 0.877. The fourth-order valence-electron chi connectivity index (χ4n) is 2.40. The molecule has 0 spiro atoms. The van der Waals surface area contributed by atoms with Gasteiger partial charge in [-0.3, -0.25) is 4.79 Å². The average molecular weight is 313 g/mol. The molecular weight excluding hydrogens is 288 g/mol. The third kappa shape index (κ3) is 4.57. The first-order chi connectivity index (χ1) is 11.0. The van der Waals surface area contributed by atoms with E-state index in [1.165, 1.54) is 5.56 Å². The van der Waals surface area contributed by atoms with Gasteiger partial charge in [-0.1, -0.05) is 18.2 Å². The molecule has 4 heteroatoms. The fourth-order valence-corrected chi connectivity index (χ4v) is 2.40. The van der Waals surface area contributed by atoms with Gasteiger partial charge in [-0.15, -0.1) is 0 Å². The number of anilines is 1. The number of ether oxygens (including phenoxy) is 1. The second-order valence-electron chi connectivity index (χ2n) is 5.90. The van der Waals surface area contributed by atoms with E-state index in [2.05, 4.69) is 5.32 Å². The van der Waals surface area contributed by atoms with Gasteiger partial charge in [-0.2, -0.15) is 0 Å². The minimum absolute atomic E-state index is 0.0327. The number of rotatable bonds is 6. The van der Waals surface area contributed by atoms with Gasteiger partial charge in [0.1, 0.15) is 12.3 Å². The Morgan fingerprint density at radius 2 is 1.83 bits per heavy atom. The lowest BCUT2D eigenvalue weighted by Gasteiger charge is -2.21. The van der Waals surface area contributed by atoms with Crippen LogP contribution in [-0.4, -0.2) is 26.1 Å². The lowest BCUT2D eigenvalue weighted by molar-refractivity contribution is -0.907. The van der Waals surface area contributed by atoms with Crippen molar-refractivity contribution in [1.82, 2.24) is 0 Å². The average Bonchev–Trinajstić information content (AvgIpc) is 2.56. The molecule has 0 radical (unpaired) electrons. The van der Waals surface area contributed by atoms with Crippen LogP contribution in [0.2, 0.25) is 0 Å². The van der Waals surface area contributed by atoms with Crippen LogP contribution in [0.4, 0.5) is 5.69 Å². The summed E-state index contributed by atoms with van der Waals surface area (Å²) in [6.45, 7) is 4.73. The summed E-state index contributed by atoms with van der Waals surface area (Å²) in [5, 5.41) is 3.02. The molecule has 23 heavy (non-hydrogen) atoms. The minimum Gasteiger partial charge on any atom is -0.497 e. The maximum atomic E-state index is 12.4. The van der Waals surface area contributed by atoms with Crippen LogP contribution < -0.4 is 15.0 Å². The van der Waals surface area contributed by atoms with Crippen LogP contribution in [0.25, 0.3) is 0 Å². The van der Waals surface area contributed by atoms with Crippen LogP contribution in [0.5, 0.6) is 5.75 Å². The zero-order chi connectivity index (χ0) is 16.8. The Bertz CT molecular complexity index is 653. The van der Waals surface area contributed by atoms with Gasteiger partial charge in [-0.25, -0.2) is 0 Å². The number of methoxy groups -OCH3 is 1. The zero-order valence-corrected chi connectivity index (χ0v) is 14.2. The van der Waals surface area contributed by atoms with Crippen LogP contribution in [0, 0.1) is 6.92 Å². The maximum absolute atomic E-state index is 12.4. The highest BCUT2D eigenvalue weighted by molar-refractivity contribution is 5.94. The predicted octanol–water partition coefficient (Wildman–Crippen LogP) is 2.05. The summed E-state index contributed by atoms with van der Waals surface area (Å²) in [6.07, 6.45) is 0. The standard InChI is InChI=1S/C19H24N2O2/c1-14-7-5-6-8-18(14)20-19(22)15(2)21(3)13-16-9-11-17(23-4)12-10-16/h5-12,15H,13H2,1-4H3,(H,20,22)/p+1/t15-/m1/s1. The normalized spacial score (nSPS) is 13.2. The molecule has 2 atom stereocenters. The van der Waals surface area contributed by atoms with Gasteiger partial charge >= 0.3 is 0 Å². The van der Waals surface area contributed by atoms with Crippen LogP contribution >= 0.6 is 0 Å². The monoisotopic (exact) mass is 313 g/mol. The van der Waals surface area contributed by atoms with E-state index >= 15 is 0 Å². The Hall–Kier alpha value is -2.33. The van der Waals surface area contributed by atoms with Gasteiger partial charge in [0, 0.05) is 11.3 Å². The van der Waals surface area contributed by atoms with E-state index in [1.807, 2.05) is 69.4 Å². The quantitative estimate of drug-likeness (QED) is 0.857. The molecule has 0 bridgehead atoms. The molecule has 2 rings (SSSR count). The molecule has 0 heterocycles. The number of aryl methyl sites for hydroxylation is 1. The summed E-state index contributed by atoms with van der Waals surface area (Å²) in [4.78, 5) is 13.6. The smallest absolute Gasteiger partial charge is 0.282 e. The number of quaternary nitrogens is 1. The van der Waals surface area contributed by atoms with E-state index in [0.29, 0.717) is 0 Å². The highest BCUT2D eigenvalue weighted by Crippen LogP contribution is 2.13. The summed E-state index contributed by atoms with van der Waals surface area (Å²) >= 11 is 0. The third-order valence-corrected chi connectivity index (χ3v) is 4.18. The lowest BCUT2D eigenvalue weighted by Crippen LogP contribution is -3.12. The van der Waals surface area contributed by atoms with E-state index < -0.39 is 0 Å². The van der Waals surface area contributed by atoms with E-state index in [1.54, 1.807) is 7.11 Å². The molecule has 4 nitrogen and oxygen atoms in total. The summed E-state index contributed by atoms with van der Waals surface area (Å²) in [6, 6.07) is 15.6. The van der Waals surface area contributed by atoms with Crippen molar-refractivity contribution in [1.29, 1.82) is 0 Å². The molecule has 0 saturated heterocycles. The molecule has 0 aliphatic carbocycles. The lowest BCUT2D eigenvalue weighted by atomic mass is 10.1. The molecule has 0 aliphatic heterocycles. The number of benzene rings is 2. The van der Waals surface area contributed by atoms with E-state index in [-0.39, 0.29) is 11.9 Å². The highest BCUT2D eigenvalue weighted by atomic mass is 16.5. The molecule has 0 saturated carbocycles. The van der Waals surface area contributed by atoms with Gasteiger partial charge in [0.15, 0.2) is 6.04 Å². The minimum atomic E-state index is -0.142. The van der Waals surface area contributed by atoms with Crippen molar-refractivity contribution >= 4 is 11.6 Å². The molecule has 0 aromatic heterocycles. The van der Waals surface area contributed by atoms with Crippen molar-refractivity contribution in [3.8, 4) is 5.75 Å². The SMILES string of the molecule is COc1ccc(C[NH+](C)[C@H](C)C(=O)Nc2ccccc2C)cc1. The molecule has 2 aromatic rings. The molecule has 2 N–H and O–H groups in total. The second kappa shape index (κ2) is 7.79. The molecular formula is C19H25N2O2+. The van der Waals surface area contributed by atoms with Crippen molar-refractivity contribution in [2.45, 2.75) is 26.4 Å². The number of para-hydroxylation sites is 1. The van der Waals surface area contributed by atoms with Crippen LogP contribution in [0.15, 0.2) is 48.5 Å². The van der Waals surface area contributed by atoms with Gasteiger partial charge in [0.05, 0.1) is 14.2 Å². The topological polar surface area (TPSA) is 42.8 Å². The van der Waals surface area contributed by atoms with Crippen LogP contribution in [0.3, 0.4) is 0 Å². The molecule has 122 valence electrons. The van der Waals surface area contributed by atoms with Gasteiger partial charge in [-0.05, 0) is 49.7 Å². The largest absolute Gasteiger partial charge is 0.497 e. The van der Waals surface area contributed by atoms with Crippen LogP contribution in [-0.2, 0) is 11.3 Å². The second-order valence-corrected chi connectivity index (χ2v) is 5.90. The number of hydrogen-bond acceptors (Lipinski definition) is 2. The number of hydrogen-bond donors (Lipinski definition) is 2. The van der Waals surface area contributed by atoms with E-state index in [4.69, 9.17) is 4.74 Å². The van der Waals surface area contributed by atoms with Crippen molar-refractivity contribution in [2.75, 3.05) is 19.5 Å². The molecule has 1 amide bonds. The molecule has 1 unspecified atom stereocenters. The third-order valence-electron chi connectivity index (χ3n) is 4.18. The molecule has 0 fully saturated rings. The Balaban J connectivity index is 1.96. The first-order valence-corrected chi connectivity index (χ1v) is 7.83. The zero-order valence-electron chi connectivity index (χ0n) is 14.2. The summed E-state index contributed by atoms with van der Waals surface area (Å²) in [7, 11) is 3.69. The number of nitrogens with one attached hydrogen (secondary N) is 2. The first-order valence-electron chi connectivity index (χ1n) is 7.83. The number of amides is 1. The Morgan fingerprint density at radius 3 is 2.43 bits per heavy atom. The van der Waals surface area contributed by atoms with Gasteiger partial charge in [0.25, 0.3) is 5.91 Å². The Kier molecular flexibility index (Phi) is 5.77. The van der Waals surface area contributed by atoms with Crippen molar-refractivity contribution in [3.63, 3.8) is 0 Å². The van der Waals surface area contributed by atoms with Crippen molar-refractivity contribution in [3.05, 3.63) is 59.7 Å². The number of likely N-dealkylation sites (N-methyl/N-ethyl adjacent to an activating group) is 1. The highest BCUT2D eigenvalue weighted by Gasteiger charge is 2.22. The molecule has 0 aliphatic rings. The number of carbonyl (C=O) groups is 1. The van der Waals surface area contributed by atoms with Gasteiger partial charge < -0.3 is 15.0 Å². The summed E-state index contributed by atoms with van der Waals surface area (Å²) in [5.41, 5.74) is 3.13. The first kappa shape index (κ1) is 17.0. The van der Waals surface area contributed by atoms with Crippen LogP contribution in [0.1, 0.15) is 18.1 Å². The Morgan fingerprint density at radius 1 is 1.17 bits per heavy atom. The van der Waals surface area contributed by atoms with Crippen molar-refractivity contribution in [2.24, 2.45) is 0 Å².